The summed E-state index contributed by atoms with van der Waals surface area (Å²) in [6.45, 7) is 6.59. The molecule has 1 fully saturated rings. The van der Waals surface area contributed by atoms with E-state index in [0.29, 0.717) is 12.5 Å². The van der Waals surface area contributed by atoms with Crippen molar-refractivity contribution >= 4 is 35.8 Å². The number of nitrogens with zero attached hydrogens (tertiary/aromatic N) is 2. The first-order valence-electron chi connectivity index (χ1n) is 6.96. The lowest BCUT2D eigenvalue weighted by molar-refractivity contribution is -0.138. The van der Waals surface area contributed by atoms with Gasteiger partial charge in [0.2, 0.25) is 5.91 Å². The zero-order valence-electron chi connectivity index (χ0n) is 13.3. The minimum Gasteiger partial charge on any atom is -0.370 e. The summed E-state index contributed by atoms with van der Waals surface area (Å²) in [6.07, 6.45) is 4.02. The van der Waals surface area contributed by atoms with Gasteiger partial charge in [-0.25, -0.2) is 0 Å². The van der Waals surface area contributed by atoms with Gasteiger partial charge in [0.15, 0.2) is 5.96 Å². The van der Waals surface area contributed by atoms with Crippen LogP contribution in [0.2, 0.25) is 0 Å². The number of nitrogens with one attached hydrogen (secondary N) is 1. The van der Waals surface area contributed by atoms with E-state index in [9.17, 15) is 4.79 Å². The molecule has 0 spiro atoms. The van der Waals surface area contributed by atoms with Gasteiger partial charge in [0.25, 0.3) is 0 Å². The maximum absolute atomic E-state index is 12.4. The van der Waals surface area contributed by atoms with Crippen molar-refractivity contribution in [3.05, 3.63) is 0 Å². The second-order valence-electron chi connectivity index (χ2n) is 6.76. The second-order valence-corrected chi connectivity index (χ2v) is 6.76. The van der Waals surface area contributed by atoms with Crippen LogP contribution in [-0.4, -0.2) is 42.9 Å². The number of nitrogens with two attached hydrogens (primary N) is 1. The molecule has 0 saturated heterocycles. The number of rotatable bonds is 3. The Balaban J connectivity index is 0.00000361. The molecule has 1 saturated carbocycles. The van der Waals surface area contributed by atoms with E-state index in [2.05, 4.69) is 10.3 Å². The molecule has 0 aromatic heterocycles. The largest absolute Gasteiger partial charge is 0.370 e. The summed E-state index contributed by atoms with van der Waals surface area (Å²) in [6, 6.07) is 0. The molecule has 0 atom stereocenters. The van der Waals surface area contributed by atoms with Crippen molar-refractivity contribution in [1.82, 2.24) is 10.2 Å². The molecule has 1 aliphatic carbocycles. The van der Waals surface area contributed by atoms with E-state index < -0.39 is 0 Å². The summed E-state index contributed by atoms with van der Waals surface area (Å²) in [4.78, 5) is 18.4. The van der Waals surface area contributed by atoms with Crippen molar-refractivity contribution < 1.29 is 4.79 Å². The highest BCUT2D eigenvalue weighted by Gasteiger charge is 2.41. The van der Waals surface area contributed by atoms with Crippen LogP contribution in [0.4, 0.5) is 0 Å². The molecule has 20 heavy (non-hydrogen) atoms. The second kappa shape index (κ2) is 7.47. The Kier molecular flexibility index (Phi) is 7.27. The molecule has 118 valence electrons. The molecular formula is C14H29IN4O. The maximum atomic E-state index is 12.4. The summed E-state index contributed by atoms with van der Waals surface area (Å²) in [5, 5.41) is 3.13. The van der Waals surface area contributed by atoms with Crippen molar-refractivity contribution in [2.75, 3.05) is 20.6 Å². The van der Waals surface area contributed by atoms with E-state index in [0.717, 1.165) is 25.7 Å². The van der Waals surface area contributed by atoms with Gasteiger partial charge in [-0.3, -0.25) is 9.79 Å². The lowest BCUT2D eigenvalue weighted by Crippen LogP contribution is -2.46. The van der Waals surface area contributed by atoms with Crippen LogP contribution in [0.25, 0.3) is 0 Å². The number of carbonyl (C=O) groups excluding carboxylic acids is 1. The van der Waals surface area contributed by atoms with Crippen LogP contribution in [-0.2, 0) is 4.79 Å². The number of amides is 1. The molecule has 0 radical (unpaired) electrons. The summed E-state index contributed by atoms with van der Waals surface area (Å²) in [7, 11) is 3.62. The predicted octanol–water partition coefficient (Wildman–Crippen LogP) is 1.96. The Morgan fingerprint density at radius 1 is 1.30 bits per heavy atom. The molecule has 0 bridgehead atoms. The fraction of sp³-hybridized carbons (Fsp3) is 0.857. The average Bonchev–Trinajstić information content (AvgIpc) is 2.72. The highest BCUT2D eigenvalue weighted by atomic mass is 127. The quantitative estimate of drug-likeness (QED) is 0.435. The SMILES string of the molecule is CN(C)C(=O)C1(CN=C(N)NC(C)(C)C)CCCC1.I. The summed E-state index contributed by atoms with van der Waals surface area (Å²) in [5.74, 6) is 0.600. The zero-order valence-corrected chi connectivity index (χ0v) is 15.7. The van der Waals surface area contributed by atoms with Gasteiger partial charge < -0.3 is 16.0 Å². The maximum Gasteiger partial charge on any atom is 0.230 e. The molecule has 1 amide bonds. The third kappa shape index (κ3) is 5.46. The van der Waals surface area contributed by atoms with E-state index in [-0.39, 0.29) is 40.8 Å². The minimum absolute atomic E-state index is 0. The Morgan fingerprint density at radius 2 is 1.80 bits per heavy atom. The van der Waals surface area contributed by atoms with Gasteiger partial charge in [0.05, 0.1) is 12.0 Å². The van der Waals surface area contributed by atoms with Gasteiger partial charge in [-0.15, -0.1) is 24.0 Å². The van der Waals surface area contributed by atoms with Crippen LogP contribution in [0, 0.1) is 5.41 Å². The van der Waals surface area contributed by atoms with Crippen molar-refractivity contribution in [2.45, 2.75) is 52.0 Å². The molecule has 5 nitrogen and oxygen atoms in total. The highest BCUT2D eigenvalue weighted by Crippen LogP contribution is 2.39. The zero-order chi connectivity index (χ0) is 14.7. The standard InChI is InChI=1S/C14H28N4O.HI/c1-13(2,3)17-12(15)16-10-14(8-6-7-9-14)11(19)18(4)5;/h6-10H2,1-5H3,(H3,15,16,17);1H. The predicted molar refractivity (Wildman–Crippen MR) is 94.4 cm³/mol. The number of halogens is 1. The Morgan fingerprint density at radius 3 is 2.20 bits per heavy atom. The topological polar surface area (TPSA) is 70.7 Å². The van der Waals surface area contributed by atoms with E-state index in [1.807, 2.05) is 34.9 Å². The highest BCUT2D eigenvalue weighted by molar-refractivity contribution is 14.0. The van der Waals surface area contributed by atoms with Crippen LogP contribution < -0.4 is 11.1 Å². The van der Waals surface area contributed by atoms with Crippen LogP contribution in [0.3, 0.4) is 0 Å². The van der Waals surface area contributed by atoms with E-state index in [1.54, 1.807) is 4.90 Å². The summed E-state index contributed by atoms with van der Waals surface area (Å²) < 4.78 is 0. The van der Waals surface area contributed by atoms with Gasteiger partial charge in [-0.05, 0) is 33.6 Å². The van der Waals surface area contributed by atoms with Crippen LogP contribution in [0.5, 0.6) is 0 Å². The fourth-order valence-corrected chi connectivity index (χ4v) is 2.63. The lowest BCUT2D eigenvalue weighted by Gasteiger charge is -2.29. The molecule has 0 aliphatic heterocycles. The lowest BCUT2D eigenvalue weighted by atomic mass is 9.85. The van der Waals surface area contributed by atoms with Crippen LogP contribution in [0.15, 0.2) is 4.99 Å². The number of guanidine groups is 1. The Bertz CT molecular complexity index is 355. The van der Waals surface area contributed by atoms with Crippen molar-refractivity contribution in [3.63, 3.8) is 0 Å². The molecule has 3 N–H and O–H groups in total. The average molecular weight is 396 g/mol. The third-order valence-electron chi connectivity index (χ3n) is 3.48. The number of hydrogen-bond donors (Lipinski definition) is 2. The van der Waals surface area contributed by atoms with Crippen LogP contribution >= 0.6 is 24.0 Å². The van der Waals surface area contributed by atoms with Crippen molar-refractivity contribution in [1.29, 1.82) is 0 Å². The summed E-state index contributed by atoms with van der Waals surface area (Å²) in [5.41, 5.74) is 5.44. The molecule has 0 aromatic carbocycles. The number of aliphatic imine (C=N–C) groups is 1. The molecule has 0 unspecified atom stereocenters. The molecule has 0 heterocycles. The number of hydrogen-bond acceptors (Lipinski definition) is 2. The first-order chi connectivity index (χ1) is 8.66. The fourth-order valence-electron chi connectivity index (χ4n) is 2.63. The molecule has 6 heteroatoms. The van der Waals surface area contributed by atoms with E-state index in [4.69, 9.17) is 5.73 Å². The summed E-state index contributed by atoms with van der Waals surface area (Å²) >= 11 is 0. The third-order valence-corrected chi connectivity index (χ3v) is 3.48. The first kappa shape index (κ1) is 19.5. The van der Waals surface area contributed by atoms with Crippen LogP contribution in [0.1, 0.15) is 46.5 Å². The minimum atomic E-state index is -0.340. The number of carbonyl (C=O) groups is 1. The van der Waals surface area contributed by atoms with E-state index >= 15 is 0 Å². The Hall–Kier alpha value is -0.530. The monoisotopic (exact) mass is 396 g/mol. The van der Waals surface area contributed by atoms with Gasteiger partial charge in [-0.2, -0.15) is 0 Å². The van der Waals surface area contributed by atoms with Crippen molar-refractivity contribution in [3.8, 4) is 0 Å². The molecule has 0 aromatic rings. The molecular weight excluding hydrogens is 367 g/mol. The Labute approximate surface area is 139 Å². The van der Waals surface area contributed by atoms with Crippen molar-refractivity contribution in [2.24, 2.45) is 16.1 Å². The van der Waals surface area contributed by atoms with Gasteiger partial charge in [-0.1, -0.05) is 12.8 Å². The van der Waals surface area contributed by atoms with Gasteiger partial charge >= 0.3 is 0 Å². The molecule has 1 rings (SSSR count). The molecule has 1 aliphatic rings. The van der Waals surface area contributed by atoms with Gasteiger partial charge in [0.1, 0.15) is 0 Å². The van der Waals surface area contributed by atoms with E-state index in [1.165, 1.54) is 0 Å². The smallest absolute Gasteiger partial charge is 0.230 e. The normalized spacial score (nSPS) is 18.4. The van der Waals surface area contributed by atoms with Gasteiger partial charge in [0, 0.05) is 19.6 Å². The first-order valence-corrected chi connectivity index (χ1v) is 6.96.